The molecule has 1 amide bonds. The second-order valence-electron chi connectivity index (χ2n) is 4.43. The molecule has 0 bridgehead atoms. The van der Waals surface area contributed by atoms with E-state index in [4.69, 9.17) is 16.7 Å². The fourth-order valence-electron chi connectivity index (χ4n) is 1.47. The maximum Gasteiger partial charge on any atom is 0.238 e. The van der Waals surface area contributed by atoms with Gasteiger partial charge in [0.15, 0.2) is 0 Å². The molecule has 1 aromatic rings. The van der Waals surface area contributed by atoms with Gasteiger partial charge in [0, 0.05) is 17.3 Å². The van der Waals surface area contributed by atoms with Gasteiger partial charge < -0.3 is 10.4 Å². The molecule has 0 aliphatic rings. The Labute approximate surface area is 113 Å². The summed E-state index contributed by atoms with van der Waals surface area (Å²) in [7, 11) is 1.85. The monoisotopic (exact) mass is 270 g/mol. The second kappa shape index (κ2) is 7.36. The molecule has 1 rings (SSSR count). The fraction of sp³-hybridized carbons (Fsp3) is 0.462. The quantitative estimate of drug-likeness (QED) is 0.831. The summed E-state index contributed by atoms with van der Waals surface area (Å²) in [6, 6.07) is 6.98. The Kier molecular flexibility index (Phi) is 6.12. The molecule has 2 N–H and O–H groups in total. The van der Waals surface area contributed by atoms with Gasteiger partial charge in [-0.3, -0.25) is 9.69 Å². The number of carbonyl (C=O) groups excluding carboxylic acids is 1. The van der Waals surface area contributed by atoms with Gasteiger partial charge in [0.05, 0.1) is 12.6 Å². The van der Waals surface area contributed by atoms with E-state index < -0.39 is 0 Å². The van der Waals surface area contributed by atoms with Crippen molar-refractivity contribution < 1.29 is 9.90 Å². The van der Waals surface area contributed by atoms with Crippen LogP contribution in [0.15, 0.2) is 24.3 Å². The minimum absolute atomic E-state index is 0.0783. The lowest BCUT2D eigenvalue weighted by Crippen LogP contribution is -2.31. The SMILES string of the molecule is CC(O)CCN(C)CC(=O)Nc1ccc(Cl)cc1. The summed E-state index contributed by atoms with van der Waals surface area (Å²) in [6.07, 6.45) is 0.317. The normalized spacial score (nSPS) is 12.5. The topological polar surface area (TPSA) is 52.6 Å². The number of likely N-dealkylation sites (N-methyl/N-ethyl adjacent to an activating group) is 1. The van der Waals surface area contributed by atoms with Crippen molar-refractivity contribution in [1.82, 2.24) is 4.90 Å². The average molecular weight is 271 g/mol. The maximum atomic E-state index is 11.7. The van der Waals surface area contributed by atoms with Crippen LogP contribution in [0.5, 0.6) is 0 Å². The van der Waals surface area contributed by atoms with Gasteiger partial charge >= 0.3 is 0 Å². The molecule has 1 unspecified atom stereocenters. The third-order valence-corrected chi connectivity index (χ3v) is 2.72. The number of carbonyl (C=O) groups is 1. The Hall–Kier alpha value is -1.10. The van der Waals surface area contributed by atoms with Crippen LogP contribution >= 0.6 is 11.6 Å². The van der Waals surface area contributed by atoms with Crippen molar-refractivity contribution >= 4 is 23.2 Å². The van der Waals surface area contributed by atoms with E-state index in [1.807, 2.05) is 11.9 Å². The lowest BCUT2D eigenvalue weighted by Gasteiger charge is -2.17. The smallest absolute Gasteiger partial charge is 0.238 e. The number of anilines is 1. The molecule has 0 spiro atoms. The molecule has 0 heterocycles. The van der Waals surface area contributed by atoms with Gasteiger partial charge in [-0.15, -0.1) is 0 Å². The summed E-state index contributed by atoms with van der Waals surface area (Å²) in [6.45, 7) is 2.72. The Morgan fingerprint density at radius 3 is 2.61 bits per heavy atom. The van der Waals surface area contributed by atoms with E-state index in [9.17, 15) is 4.79 Å². The van der Waals surface area contributed by atoms with Crippen LogP contribution in [0.3, 0.4) is 0 Å². The van der Waals surface area contributed by atoms with Gasteiger partial charge in [-0.25, -0.2) is 0 Å². The van der Waals surface area contributed by atoms with Gasteiger partial charge in [-0.1, -0.05) is 11.6 Å². The fourth-order valence-corrected chi connectivity index (χ4v) is 1.59. The molecule has 1 aromatic carbocycles. The molecular weight excluding hydrogens is 252 g/mol. The molecule has 0 radical (unpaired) electrons. The van der Waals surface area contributed by atoms with Crippen molar-refractivity contribution in [1.29, 1.82) is 0 Å². The molecule has 0 fully saturated rings. The molecular formula is C13H19ClN2O2. The predicted molar refractivity (Wildman–Crippen MR) is 73.9 cm³/mol. The summed E-state index contributed by atoms with van der Waals surface area (Å²) in [4.78, 5) is 13.6. The second-order valence-corrected chi connectivity index (χ2v) is 4.87. The number of aliphatic hydroxyl groups is 1. The third-order valence-electron chi connectivity index (χ3n) is 2.47. The zero-order valence-electron chi connectivity index (χ0n) is 10.7. The first-order valence-electron chi connectivity index (χ1n) is 5.89. The number of nitrogens with one attached hydrogen (secondary N) is 1. The minimum atomic E-state index is -0.341. The highest BCUT2D eigenvalue weighted by molar-refractivity contribution is 6.30. The van der Waals surface area contributed by atoms with Crippen molar-refractivity contribution in [2.45, 2.75) is 19.4 Å². The van der Waals surface area contributed by atoms with E-state index in [-0.39, 0.29) is 12.0 Å². The van der Waals surface area contributed by atoms with Crippen molar-refractivity contribution in [2.24, 2.45) is 0 Å². The standard InChI is InChI=1S/C13H19ClN2O2/c1-10(17)7-8-16(2)9-13(18)15-12-5-3-11(14)4-6-12/h3-6,10,17H,7-9H2,1-2H3,(H,15,18). The summed E-state index contributed by atoms with van der Waals surface area (Å²) in [5.74, 6) is -0.0783. The highest BCUT2D eigenvalue weighted by atomic mass is 35.5. The highest BCUT2D eigenvalue weighted by Crippen LogP contribution is 2.13. The van der Waals surface area contributed by atoms with Crippen molar-refractivity contribution in [2.75, 3.05) is 25.5 Å². The van der Waals surface area contributed by atoms with Gasteiger partial charge in [0.1, 0.15) is 0 Å². The van der Waals surface area contributed by atoms with Crippen LogP contribution in [-0.4, -0.2) is 42.2 Å². The van der Waals surface area contributed by atoms with Gasteiger partial charge in [0.25, 0.3) is 0 Å². The average Bonchev–Trinajstić information content (AvgIpc) is 2.29. The summed E-state index contributed by atoms with van der Waals surface area (Å²) in [5.41, 5.74) is 0.730. The Morgan fingerprint density at radius 1 is 1.44 bits per heavy atom. The van der Waals surface area contributed by atoms with E-state index >= 15 is 0 Å². The Bertz CT molecular complexity index is 379. The zero-order chi connectivity index (χ0) is 13.5. The number of hydrogen-bond donors (Lipinski definition) is 2. The predicted octanol–water partition coefficient (Wildman–Crippen LogP) is 1.98. The number of halogens is 1. The molecule has 0 saturated carbocycles. The van der Waals surface area contributed by atoms with E-state index in [2.05, 4.69) is 5.32 Å². The van der Waals surface area contributed by atoms with E-state index in [1.54, 1.807) is 31.2 Å². The number of rotatable bonds is 6. The van der Waals surface area contributed by atoms with Gasteiger partial charge in [-0.2, -0.15) is 0 Å². The lowest BCUT2D eigenvalue weighted by molar-refractivity contribution is -0.117. The number of benzene rings is 1. The molecule has 0 aromatic heterocycles. The zero-order valence-corrected chi connectivity index (χ0v) is 11.4. The van der Waals surface area contributed by atoms with Crippen LogP contribution in [-0.2, 0) is 4.79 Å². The number of nitrogens with zero attached hydrogens (tertiary/aromatic N) is 1. The van der Waals surface area contributed by atoms with Crippen LogP contribution in [0.4, 0.5) is 5.69 Å². The summed E-state index contributed by atoms with van der Waals surface area (Å²) in [5, 5.41) is 12.6. The van der Waals surface area contributed by atoms with Crippen LogP contribution in [0, 0.1) is 0 Å². The molecule has 0 saturated heterocycles. The molecule has 1 atom stereocenters. The van der Waals surface area contributed by atoms with Gasteiger partial charge in [-0.05, 0) is 44.7 Å². The Morgan fingerprint density at radius 2 is 2.06 bits per heavy atom. The highest BCUT2D eigenvalue weighted by Gasteiger charge is 2.07. The van der Waals surface area contributed by atoms with Crippen molar-refractivity contribution in [3.63, 3.8) is 0 Å². The van der Waals surface area contributed by atoms with Gasteiger partial charge in [0.2, 0.25) is 5.91 Å². The number of hydrogen-bond acceptors (Lipinski definition) is 3. The first kappa shape index (κ1) is 15.0. The number of amides is 1. The summed E-state index contributed by atoms with van der Waals surface area (Å²) < 4.78 is 0. The van der Waals surface area contributed by atoms with Crippen molar-refractivity contribution in [3.05, 3.63) is 29.3 Å². The maximum absolute atomic E-state index is 11.7. The molecule has 18 heavy (non-hydrogen) atoms. The first-order chi connectivity index (χ1) is 8.47. The first-order valence-corrected chi connectivity index (χ1v) is 6.27. The molecule has 0 aliphatic carbocycles. The molecule has 0 aliphatic heterocycles. The molecule has 100 valence electrons. The van der Waals surface area contributed by atoms with E-state index in [1.165, 1.54) is 0 Å². The molecule has 4 nitrogen and oxygen atoms in total. The van der Waals surface area contributed by atoms with Crippen molar-refractivity contribution in [3.8, 4) is 0 Å². The molecule has 5 heteroatoms. The van der Waals surface area contributed by atoms with E-state index in [0.29, 0.717) is 24.5 Å². The number of aliphatic hydroxyl groups excluding tert-OH is 1. The van der Waals surface area contributed by atoms with E-state index in [0.717, 1.165) is 5.69 Å². The van der Waals surface area contributed by atoms with Crippen LogP contribution in [0.1, 0.15) is 13.3 Å². The van der Waals surface area contributed by atoms with Crippen LogP contribution in [0.2, 0.25) is 5.02 Å². The van der Waals surface area contributed by atoms with Crippen LogP contribution < -0.4 is 5.32 Å². The largest absolute Gasteiger partial charge is 0.393 e. The summed E-state index contributed by atoms with van der Waals surface area (Å²) >= 11 is 5.76. The Balaban J connectivity index is 2.34. The minimum Gasteiger partial charge on any atom is -0.393 e. The third kappa shape index (κ3) is 6.00. The lowest BCUT2D eigenvalue weighted by atomic mass is 10.2. The van der Waals surface area contributed by atoms with Crippen LogP contribution in [0.25, 0.3) is 0 Å².